The summed E-state index contributed by atoms with van der Waals surface area (Å²) in [6.07, 6.45) is 0.338. The van der Waals surface area contributed by atoms with Crippen molar-refractivity contribution in [2.75, 3.05) is 0 Å². The van der Waals surface area contributed by atoms with Gasteiger partial charge < -0.3 is 5.11 Å². The van der Waals surface area contributed by atoms with E-state index in [9.17, 15) is 13.2 Å². The van der Waals surface area contributed by atoms with E-state index in [0.717, 1.165) is 12.1 Å². The molecule has 0 aliphatic heterocycles. The number of halogens is 3. The van der Waals surface area contributed by atoms with Crippen LogP contribution in [0.25, 0.3) is 0 Å². The first-order valence-electron chi connectivity index (χ1n) is 3.32. The summed E-state index contributed by atoms with van der Waals surface area (Å²) in [6.45, 7) is 0. The van der Waals surface area contributed by atoms with Gasteiger partial charge in [0.1, 0.15) is 5.75 Å². The van der Waals surface area contributed by atoms with Crippen molar-refractivity contribution in [3.63, 3.8) is 0 Å². The molecular formula is C9H5F3O. The highest BCUT2D eigenvalue weighted by Crippen LogP contribution is 2.33. The molecule has 0 radical (unpaired) electrons. The summed E-state index contributed by atoms with van der Waals surface area (Å²) >= 11 is 0. The molecule has 1 nitrogen and oxygen atoms in total. The van der Waals surface area contributed by atoms with Gasteiger partial charge in [0.25, 0.3) is 0 Å². The quantitative estimate of drug-likeness (QED) is 0.617. The SMILES string of the molecule is C#Cc1ccc(O)cc1C(F)(F)F. The summed E-state index contributed by atoms with van der Waals surface area (Å²) < 4.78 is 36.6. The molecule has 4 heteroatoms. The van der Waals surface area contributed by atoms with Gasteiger partial charge in [-0.15, -0.1) is 6.42 Å². The Balaban J connectivity index is 3.35. The Labute approximate surface area is 72.8 Å². The summed E-state index contributed by atoms with van der Waals surface area (Å²) in [5, 5.41) is 8.83. The van der Waals surface area contributed by atoms with Gasteiger partial charge in [0, 0.05) is 5.56 Å². The number of hydrogen-bond acceptors (Lipinski definition) is 1. The summed E-state index contributed by atoms with van der Waals surface area (Å²) in [4.78, 5) is 0. The normalized spacial score (nSPS) is 10.9. The fraction of sp³-hybridized carbons (Fsp3) is 0.111. The predicted octanol–water partition coefficient (Wildman–Crippen LogP) is 2.39. The predicted molar refractivity (Wildman–Crippen MR) is 41.0 cm³/mol. The van der Waals surface area contributed by atoms with Gasteiger partial charge in [0.2, 0.25) is 0 Å². The minimum absolute atomic E-state index is 0.273. The van der Waals surface area contributed by atoms with E-state index in [2.05, 4.69) is 0 Å². The lowest BCUT2D eigenvalue weighted by molar-refractivity contribution is -0.137. The Kier molecular flexibility index (Phi) is 2.20. The van der Waals surface area contributed by atoms with Gasteiger partial charge in [-0.3, -0.25) is 0 Å². The van der Waals surface area contributed by atoms with Crippen LogP contribution in [-0.2, 0) is 6.18 Å². The van der Waals surface area contributed by atoms with Gasteiger partial charge in [-0.05, 0) is 18.2 Å². The molecule has 0 aromatic heterocycles. The van der Waals surface area contributed by atoms with Crippen LogP contribution < -0.4 is 0 Å². The third-order valence-electron chi connectivity index (χ3n) is 1.46. The molecule has 0 saturated carbocycles. The number of phenolic OH excluding ortho intramolecular Hbond substituents is 1. The monoisotopic (exact) mass is 186 g/mol. The first-order chi connectivity index (χ1) is 5.95. The lowest BCUT2D eigenvalue weighted by atomic mass is 10.1. The highest BCUT2D eigenvalue weighted by Gasteiger charge is 2.33. The topological polar surface area (TPSA) is 20.2 Å². The Hall–Kier alpha value is -1.63. The first-order valence-corrected chi connectivity index (χ1v) is 3.32. The van der Waals surface area contributed by atoms with Gasteiger partial charge in [0.15, 0.2) is 0 Å². The number of benzene rings is 1. The van der Waals surface area contributed by atoms with E-state index in [1.165, 1.54) is 0 Å². The molecule has 0 heterocycles. The third kappa shape index (κ3) is 1.94. The zero-order valence-corrected chi connectivity index (χ0v) is 6.39. The first kappa shape index (κ1) is 9.46. The number of alkyl halides is 3. The lowest BCUT2D eigenvalue weighted by Gasteiger charge is -2.08. The zero-order valence-electron chi connectivity index (χ0n) is 6.39. The number of rotatable bonds is 0. The van der Waals surface area contributed by atoms with E-state index < -0.39 is 17.5 Å². The number of phenols is 1. The lowest BCUT2D eigenvalue weighted by Crippen LogP contribution is -2.07. The van der Waals surface area contributed by atoms with Crippen molar-refractivity contribution in [1.29, 1.82) is 0 Å². The van der Waals surface area contributed by atoms with Crippen molar-refractivity contribution < 1.29 is 18.3 Å². The van der Waals surface area contributed by atoms with Gasteiger partial charge in [-0.1, -0.05) is 5.92 Å². The molecule has 68 valence electrons. The highest BCUT2D eigenvalue weighted by atomic mass is 19.4. The van der Waals surface area contributed by atoms with E-state index in [-0.39, 0.29) is 5.56 Å². The van der Waals surface area contributed by atoms with E-state index in [4.69, 9.17) is 11.5 Å². The van der Waals surface area contributed by atoms with Crippen LogP contribution in [0.15, 0.2) is 18.2 Å². The molecular weight excluding hydrogens is 181 g/mol. The van der Waals surface area contributed by atoms with Gasteiger partial charge in [-0.2, -0.15) is 13.2 Å². The average molecular weight is 186 g/mol. The van der Waals surface area contributed by atoms with Crippen molar-refractivity contribution in [3.8, 4) is 18.1 Å². The Morgan fingerprint density at radius 3 is 2.38 bits per heavy atom. The molecule has 0 spiro atoms. The molecule has 0 atom stereocenters. The number of terminal acetylenes is 1. The second kappa shape index (κ2) is 3.02. The molecule has 0 aliphatic rings. The van der Waals surface area contributed by atoms with Crippen LogP contribution in [0.4, 0.5) is 13.2 Å². The fourth-order valence-electron chi connectivity index (χ4n) is 0.893. The van der Waals surface area contributed by atoms with Gasteiger partial charge in [-0.25, -0.2) is 0 Å². The summed E-state index contributed by atoms with van der Waals surface area (Å²) in [5.74, 6) is 1.45. The van der Waals surface area contributed by atoms with Crippen LogP contribution in [0.3, 0.4) is 0 Å². The average Bonchev–Trinajstić information content (AvgIpc) is 2.03. The Bertz CT molecular complexity index is 360. The van der Waals surface area contributed by atoms with E-state index in [0.29, 0.717) is 6.07 Å². The van der Waals surface area contributed by atoms with Gasteiger partial charge in [0.05, 0.1) is 5.56 Å². The Morgan fingerprint density at radius 2 is 1.92 bits per heavy atom. The van der Waals surface area contributed by atoms with Crippen LogP contribution in [0, 0.1) is 12.3 Å². The number of hydrogen-bond donors (Lipinski definition) is 1. The molecule has 13 heavy (non-hydrogen) atoms. The maximum atomic E-state index is 12.2. The van der Waals surface area contributed by atoms with E-state index in [1.807, 2.05) is 5.92 Å². The van der Waals surface area contributed by atoms with Crippen molar-refractivity contribution >= 4 is 0 Å². The van der Waals surface area contributed by atoms with Gasteiger partial charge >= 0.3 is 6.18 Å². The van der Waals surface area contributed by atoms with Crippen molar-refractivity contribution in [2.24, 2.45) is 0 Å². The van der Waals surface area contributed by atoms with Crippen LogP contribution in [0.1, 0.15) is 11.1 Å². The molecule has 0 aliphatic carbocycles. The van der Waals surface area contributed by atoms with E-state index in [1.54, 1.807) is 0 Å². The molecule has 0 amide bonds. The molecule has 0 fully saturated rings. The molecule has 1 aromatic carbocycles. The summed E-state index contributed by atoms with van der Waals surface area (Å²) in [6, 6.07) is 2.78. The summed E-state index contributed by atoms with van der Waals surface area (Å²) in [5.41, 5.74) is -1.26. The molecule has 1 rings (SSSR count). The maximum Gasteiger partial charge on any atom is 0.417 e. The summed E-state index contributed by atoms with van der Waals surface area (Å²) in [7, 11) is 0. The van der Waals surface area contributed by atoms with Crippen molar-refractivity contribution in [1.82, 2.24) is 0 Å². The minimum Gasteiger partial charge on any atom is -0.508 e. The Morgan fingerprint density at radius 1 is 1.31 bits per heavy atom. The van der Waals surface area contributed by atoms with Crippen LogP contribution in [-0.4, -0.2) is 5.11 Å². The zero-order chi connectivity index (χ0) is 10.1. The highest BCUT2D eigenvalue weighted by molar-refractivity contribution is 5.45. The third-order valence-corrected chi connectivity index (χ3v) is 1.46. The molecule has 0 bridgehead atoms. The van der Waals surface area contributed by atoms with Crippen LogP contribution in [0.2, 0.25) is 0 Å². The molecule has 1 aromatic rings. The second-order valence-electron chi connectivity index (χ2n) is 2.37. The smallest absolute Gasteiger partial charge is 0.417 e. The van der Waals surface area contributed by atoms with E-state index >= 15 is 0 Å². The van der Waals surface area contributed by atoms with Crippen molar-refractivity contribution in [2.45, 2.75) is 6.18 Å². The largest absolute Gasteiger partial charge is 0.508 e. The molecule has 0 saturated heterocycles. The second-order valence-corrected chi connectivity index (χ2v) is 2.37. The van der Waals surface area contributed by atoms with Crippen LogP contribution >= 0.6 is 0 Å². The fourth-order valence-corrected chi connectivity index (χ4v) is 0.893. The minimum atomic E-state index is -4.53. The molecule has 0 unspecified atom stereocenters. The van der Waals surface area contributed by atoms with Crippen molar-refractivity contribution in [3.05, 3.63) is 29.3 Å². The maximum absolute atomic E-state index is 12.2. The number of aromatic hydroxyl groups is 1. The van der Waals surface area contributed by atoms with Crippen LogP contribution in [0.5, 0.6) is 5.75 Å². The molecule has 1 N–H and O–H groups in total. The standard InChI is InChI=1S/C9H5F3O/c1-2-6-3-4-7(13)5-8(6)9(10,11)12/h1,3-5,13H.